The number of sulfone groups is 1. The highest BCUT2D eigenvalue weighted by Gasteiger charge is 2.37. The fourth-order valence-electron chi connectivity index (χ4n) is 4.94. The van der Waals surface area contributed by atoms with Gasteiger partial charge >= 0.3 is 0 Å². The fourth-order valence-corrected chi connectivity index (χ4v) is 5.85. The molecule has 0 saturated carbocycles. The van der Waals surface area contributed by atoms with E-state index in [1.54, 1.807) is 42.5 Å². The van der Waals surface area contributed by atoms with Crippen LogP contribution in [0.4, 0.5) is 21.5 Å². The van der Waals surface area contributed by atoms with Crippen molar-refractivity contribution >= 4 is 38.6 Å². The van der Waals surface area contributed by atoms with Gasteiger partial charge in [0.2, 0.25) is 5.91 Å². The van der Waals surface area contributed by atoms with Crippen LogP contribution in [0.3, 0.4) is 0 Å². The summed E-state index contributed by atoms with van der Waals surface area (Å²) in [7, 11) is -3.50. The first-order valence-electron chi connectivity index (χ1n) is 11.5. The zero-order valence-corrected chi connectivity index (χ0v) is 20.5. The van der Waals surface area contributed by atoms with E-state index >= 15 is 4.39 Å². The van der Waals surface area contributed by atoms with Crippen molar-refractivity contribution in [3.63, 3.8) is 0 Å². The largest absolute Gasteiger partial charge is 0.384 e. The summed E-state index contributed by atoms with van der Waals surface area (Å²) in [5, 5.41) is 10.9. The van der Waals surface area contributed by atoms with Gasteiger partial charge in [0, 0.05) is 23.9 Å². The predicted molar refractivity (Wildman–Crippen MR) is 139 cm³/mol. The molecule has 2 aliphatic heterocycles. The van der Waals surface area contributed by atoms with Crippen LogP contribution in [0.5, 0.6) is 0 Å². The molecule has 0 spiro atoms. The maximum Gasteiger partial charge on any atom is 0.249 e. The molecule has 0 aliphatic carbocycles. The lowest BCUT2D eigenvalue weighted by Gasteiger charge is -2.37. The molecule has 1 amide bonds. The molecule has 0 bridgehead atoms. The van der Waals surface area contributed by atoms with Gasteiger partial charge in [-0.1, -0.05) is 24.3 Å². The Hall–Kier alpha value is -3.92. The van der Waals surface area contributed by atoms with Crippen LogP contribution < -0.4 is 20.9 Å². The fraction of sp³-hybridized carbons (Fsp3) is 0.231. The molecule has 0 radical (unpaired) electrons. The molecule has 1 atom stereocenters. The molecule has 1 fully saturated rings. The smallest absolute Gasteiger partial charge is 0.249 e. The lowest BCUT2D eigenvalue weighted by molar-refractivity contribution is -0.121. The van der Waals surface area contributed by atoms with Gasteiger partial charge in [-0.3, -0.25) is 10.2 Å². The van der Waals surface area contributed by atoms with Gasteiger partial charge in [-0.2, -0.15) is 0 Å². The average Bonchev–Trinajstić information content (AvgIpc) is 3.27. The Labute approximate surface area is 209 Å². The van der Waals surface area contributed by atoms with Crippen molar-refractivity contribution in [2.75, 3.05) is 34.6 Å². The number of nitrogens with zero attached hydrogens (tertiary/aromatic N) is 2. The van der Waals surface area contributed by atoms with E-state index in [2.05, 4.69) is 5.32 Å². The number of nitrogen functional groups attached to an aromatic ring is 1. The second kappa shape index (κ2) is 8.94. The standard InChI is InChI=1S/C26H26FN5O3S/c1-36(34,35)24-7-3-2-5-18(24)16-8-10-21(19(27)13-16)31-12-4-6-23(26(31)33)32-15-30-20-14-17(25(28)29)9-11-22(20)32/h2-3,5,7-11,13-14,23,30H,4,6,12,15H2,1H3,(H3,28,29). The summed E-state index contributed by atoms with van der Waals surface area (Å²) in [6.45, 7) is 0.813. The summed E-state index contributed by atoms with van der Waals surface area (Å²) in [5.41, 5.74) is 8.85. The number of carbonyl (C=O) groups excluding carboxylic acids is 1. The molecular formula is C26H26FN5O3S. The van der Waals surface area contributed by atoms with Gasteiger partial charge in [0.15, 0.2) is 9.84 Å². The average molecular weight is 508 g/mol. The highest BCUT2D eigenvalue weighted by molar-refractivity contribution is 7.90. The SMILES string of the molecule is CS(=O)(=O)c1ccccc1-c1ccc(N2CCCC(N3CNc4cc(C(=N)N)ccc43)C2=O)c(F)c1. The van der Waals surface area contributed by atoms with E-state index in [9.17, 15) is 13.2 Å². The minimum absolute atomic E-state index is 0.0314. The molecule has 3 aromatic rings. The van der Waals surface area contributed by atoms with E-state index in [-0.39, 0.29) is 22.3 Å². The van der Waals surface area contributed by atoms with Gasteiger partial charge in [0.25, 0.3) is 0 Å². The van der Waals surface area contributed by atoms with Crippen LogP contribution >= 0.6 is 0 Å². The van der Waals surface area contributed by atoms with E-state index in [0.717, 1.165) is 17.6 Å². The van der Waals surface area contributed by atoms with Crippen LogP contribution in [-0.2, 0) is 14.6 Å². The number of nitrogens with one attached hydrogen (secondary N) is 2. The predicted octanol–water partition coefficient (Wildman–Crippen LogP) is 3.57. The van der Waals surface area contributed by atoms with E-state index in [0.29, 0.717) is 42.7 Å². The molecule has 36 heavy (non-hydrogen) atoms. The Balaban J connectivity index is 1.43. The van der Waals surface area contributed by atoms with Gasteiger partial charge < -0.3 is 20.9 Å². The van der Waals surface area contributed by atoms with Gasteiger partial charge in [-0.25, -0.2) is 12.8 Å². The van der Waals surface area contributed by atoms with Crippen molar-refractivity contribution in [1.29, 1.82) is 5.41 Å². The number of fused-ring (bicyclic) bond motifs is 1. The zero-order chi connectivity index (χ0) is 25.6. The van der Waals surface area contributed by atoms with Gasteiger partial charge in [0.05, 0.1) is 28.6 Å². The number of amidine groups is 1. The van der Waals surface area contributed by atoms with E-state index in [4.69, 9.17) is 11.1 Å². The van der Waals surface area contributed by atoms with Gasteiger partial charge in [-0.15, -0.1) is 0 Å². The number of benzene rings is 3. The van der Waals surface area contributed by atoms with Crippen molar-refractivity contribution in [3.05, 3.63) is 72.0 Å². The Morgan fingerprint density at radius 1 is 1.11 bits per heavy atom. The third kappa shape index (κ3) is 4.17. The molecule has 10 heteroatoms. The maximum absolute atomic E-state index is 15.4. The maximum atomic E-state index is 15.4. The van der Waals surface area contributed by atoms with Crippen LogP contribution in [0.25, 0.3) is 11.1 Å². The van der Waals surface area contributed by atoms with E-state index < -0.39 is 21.7 Å². The molecule has 5 rings (SSSR count). The number of hydrogen-bond acceptors (Lipinski definition) is 6. The Morgan fingerprint density at radius 2 is 1.86 bits per heavy atom. The number of amides is 1. The third-order valence-electron chi connectivity index (χ3n) is 6.68. The monoisotopic (exact) mass is 507 g/mol. The van der Waals surface area contributed by atoms with E-state index in [1.807, 2.05) is 11.0 Å². The molecular weight excluding hydrogens is 481 g/mol. The Morgan fingerprint density at radius 3 is 2.58 bits per heavy atom. The summed E-state index contributed by atoms with van der Waals surface area (Å²) in [6, 6.07) is 15.8. The van der Waals surface area contributed by atoms with Crippen molar-refractivity contribution < 1.29 is 17.6 Å². The van der Waals surface area contributed by atoms with Gasteiger partial charge in [0.1, 0.15) is 17.7 Å². The molecule has 4 N–H and O–H groups in total. The summed E-state index contributed by atoms with van der Waals surface area (Å²) >= 11 is 0. The quantitative estimate of drug-likeness (QED) is 0.359. The molecule has 8 nitrogen and oxygen atoms in total. The lowest BCUT2D eigenvalue weighted by atomic mass is 10.00. The summed E-state index contributed by atoms with van der Waals surface area (Å²) in [5.74, 6) is -0.818. The first-order valence-corrected chi connectivity index (χ1v) is 13.4. The number of rotatable bonds is 5. The number of hydrogen-bond donors (Lipinski definition) is 3. The number of halogens is 1. The topological polar surface area (TPSA) is 120 Å². The van der Waals surface area contributed by atoms with Crippen molar-refractivity contribution in [2.24, 2.45) is 5.73 Å². The van der Waals surface area contributed by atoms with Crippen molar-refractivity contribution in [1.82, 2.24) is 0 Å². The summed E-state index contributed by atoms with van der Waals surface area (Å²) < 4.78 is 39.8. The lowest BCUT2D eigenvalue weighted by Crippen LogP contribution is -2.53. The number of anilines is 3. The van der Waals surface area contributed by atoms with Crippen molar-refractivity contribution in [2.45, 2.75) is 23.8 Å². The Kier molecular flexibility index (Phi) is 5.91. The van der Waals surface area contributed by atoms with Crippen LogP contribution in [0.15, 0.2) is 65.6 Å². The first kappa shape index (κ1) is 23.8. The summed E-state index contributed by atoms with van der Waals surface area (Å²) in [6.07, 6.45) is 2.45. The van der Waals surface area contributed by atoms with Gasteiger partial charge in [-0.05, 0) is 54.8 Å². The van der Waals surface area contributed by atoms with Crippen LogP contribution in [0, 0.1) is 11.2 Å². The van der Waals surface area contributed by atoms with Crippen LogP contribution in [0.2, 0.25) is 0 Å². The normalized spacial score (nSPS) is 17.6. The second-order valence-corrected chi connectivity index (χ2v) is 11.0. The van der Waals surface area contributed by atoms with E-state index in [1.165, 1.54) is 17.0 Å². The van der Waals surface area contributed by atoms with Crippen LogP contribution in [0.1, 0.15) is 18.4 Å². The van der Waals surface area contributed by atoms with Crippen LogP contribution in [-0.4, -0.2) is 45.7 Å². The molecule has 3 aromatic carbocycles. The summed E-state index contributed by atoms with van der Waals surface area (Å²) in [4.78, 5) is 17.1. The minimum Gasteiger partial charge on any atom is -0.384 e. The molecule has 186 valence electrons. The number of carbonyl (C=O) groups is 1. The second-order valence-electron chi connectivity index (χ2n) is 9.03. The minimum atomic E-state index is -3.50. The molecule has 0 aromatic heterocycles. The van der Waals surface area contributed by atoms with Crippen molar-refractivity contribution in [3.8, 4) is 11.1 Å². The first-order chi connectivity index (χ1) is 17.1. The zero-order valence-electron chi connectivity index (χ0n) is 19.7. The number of nitrogens with two attached hydrogens (primary N) is 1. The highest BCUT2D eigenvalue weighted by Crippen LogP contribution is 2.37. The third-order valence-corrected chi connectivity index (χ3v) is 7.83. The molecule has 2 aliphatic rings. The molecule has 1 saturated heterocycles. The number of piperidine rings is 1. The molecule has 1 unspecified atom stereocenters. The highest BCUT2D eigenvalue weighted by atomic mass is 32.2. The molecule has 2 heterocycles. The Bertz CT molecular complexity index is 1490.